The molecule has 0 saturated heterocycles. The Morgan fingerprint density at radius 1 is 1.08 bits per heavy atom. The number of halogens is 1. The molecular formula is C17H14BrN3O3. The highest BCUT2D eigenvalue weighted by Crippen LogP contribution is 2.19. The average molecular weight is 388 g/mol. The number of para-hydroxylation sites is 1. The summed E-state index contributed by atoms with van der Waals surface area (Å²) in [5.74, 6) is -1.16. The zero-order valence-corrected chi connectivity index (χ0v) is 14.1. The predicted octanol–water partition coefficient (Wildman–Crippen LogP) is 2.53. The van der Waals surface area contributed by atoms with Gasteiger partial charge in [-0.1, -0.05) is 28.1 Å². The Labute approximate surface area is 146 Å². The molecule has 3 N–H and O–H groups in total. The molecule has 0 fully saturated rings. The first-order chi connectivity index (χ1) is 11.5. The Balaban J connectivity index is 1.69. The molecule has 1 unspecified atom stereocenters. The minimum absolute atomic E-state index is 0.151. The molecule has 24 heavy (non-hydrogen) atoms. The number of fused-ring (bicyclic) bond motifs is 1. The van der Waals surface area contributed by atoms with Crippen molar-refractivity contribution in [2.24, 2.45) is 0 Å². The van der Waals surface area contributed by atoms with Crippen molar-refractivity contribution in [3.8, 4) is 0 Å². The van der Waals surface area contributed by atoms with E-state index in [1.165, 1.54) is 0 Å². The minimum atomic E-state index is -0.930. The monoisotopic (exact) mass is 387 g/mol. The fourth-order valence-corrected chi connectivity index (χ4v) is 2.65. The van der Waals surface area contributed by atoms with Crippen molar-refractivity contribution in [2.45, 2.75) is 12.5 Å². The highest BCUT2D eigenvalue weighted by Gasteiger charge is 2.29. The third-order valence-corrected chi connectivity index (χ3v) is 4.10. The minimum Gasteiger partial charge on any atom is -0.340 e. The van der Waals surface area contributed by atoms with Crippen LogP contribution in [0.4, 0.5) is 11.4 Å². The number of anilines is 2. The largest absolute Gasteiger partial charge is 0.340 e. The van der Waals surface area contributed by atoms with Crippen molar-refractivity contribution in [3.63, 3.8) is 0 Å². The Hall–Kier alpha value is -2.67. The topological polar surface area (TPSA) is 87.3 Å². The standard InChI is InChI=1S/C17H14BrN3O3/c18-10-5-7-11(8-6-10)19-15(22)9-14-17(24)20-13-4-2-1-3-12(13)16(23)21-14/h1-8,14H,9H2,(H,19,22)(H,20,24)(H,21,23). The van der Waals surface area contributed by atoms with Crippen LogP contribution in [0.15, 0.2) is 53.0 Å². The van der Waals surface area contributed by atoms with Crippen LogP contribution >= 0.6 is 15.9 Å². The van der Waals surface area contributed by atoms with Crippen molar-refractivity contribution >= 4 is 45.0 Å². The van der Waals surface area contributed by atoms with Crippen molar-refractivity contribution in [1.29, 1.82) is 0 Å². The van der Waals surface area contributed by atoms with Crippen LogP contribution < -0.4 is 16.0 Å². The molecule has 1 heterocycles. The van der Waals surface area contributed by atoms with Crippen LogP contribution in [0.1, 0.15) is 16.8 Å². The zero-order chi connectivity index (χ0) is 17.1. The molecule has 3 rings (SSSR count). The van der Waals surface area contributed by atoms with Gasteiger partial charge in [0, 0.05) is 10.2 Å². The van der Waals surface area contributed by atoms with Crippen LogP contribution in [-0.2, 0) is 9.59 Å². The van der Waals surface area contributed by atoms with Gasteiger partial charge in [-0.2, -0.15) is 0 Å². The van der Waals surface area contributed by atoms with Crippen LogP contribution in [0.25, 0.3) is 0 Å². The second-order valence-electron chi connectivity index (χ2n) is 5.32. The van der Waals surface area contributed by atoms with E-state index in [0.717, 1.165) is 4.47 Å². The van der Waals surface area contributed by atoms with Gasteiger partial charge >= 0.3 is 0 Å². The van der Waals surface area contributed by atoms with E-state index in [2.05, 4.69) is 31.9 Å². The number of nitrogens with one attached hydrogen (secondary N) is 3. The SMILES string of the molecule is O=C(CC1NC(=O)c2ccccc2NC1=O)Nc1ccc(Br)cc1. The van der Waals surface area contributed by atoms with Crippen LogP contribution in [0, 0.1) is 0 Å². The molecule has 2 aromatic carbocycles. The number of rotatable bonds is 3. The molecule has 6 nitrogen and oxygen atoms in total. The molecule has 2 aromatic rings. The lowest BCUT2D eigenvalue weighted by molar-refractivity contribution is -0.122. The lowest BCUT2D eigenvalue weighted by atomic mass is 10.1. The quantitative estimate of drug-likeness (QED) is 0.755. The van der Waals surface area contributed by atoms with Crippen molar-refractivity contribution in [3.05, 3.63) is 58.6 Å². The van der Waals surface area contributed by atoms with Gasteiger partial charge in [0.15, 0.2) is 0 Å². The second-order valence-corrected chi connectivity index (χ2v) is 6.24. The number of benzene rings is 2. The first kappa shape index (κ1) is 16.2. The first-order valence-corrected chi connectivity index (χ1v) is 8.08. The van der Waals surface area contributed by atoms with Gasteiger partial charge in [0.25, 0.3) is 5.91 Å². The Morgan fingerprint density at radius 2 is 1.79 bits per heavy atom. The van der Waals surface area contributed by atoms with Crippen LogP contribution in [0.5, 0.6) is 0 Å². The summed E-state index contributed by atoms with van der Waals surface area (Å²) in [5.41, 5.74) is 1.43. The van der Waals surface area contributed by atoms with Crippen LogP contribution in [0.2, 0.25) is 0 Å². The lowest BCUT2D eigenvalue weighted by Crippen LogP contribution is -2.43. The molecule has 1 aliphatic rings. The van der Waals surface area contributed by atoms with Gasteiger partial charge in [-0.3, -0.25) is 14.4 Å². The van der Waals surface area contributed by atoms with E-state index in [1.807, 2.05) is 0 Å². The number of carbonyl (C=O) groups is 3. The summed E-state index contributed by atoms with van der Waals surface area (Å²) in [7, 11) is 0. The summed E-state index contributed by atoms with van der Waals surface area (Å²) in [5, 5.41) is 7.96. The van der Waals surface area contributed by atoms with E-state index >= 15 is 0 Å². The molecular weight excluding hydrogens is 374 g/mol. The van der Waals surface area contributed by atoms with Crippen molar-refractivity contribution < 1.29 is 14.4 Å². The van der Waals surface area contributed by atoms with Gasteiger partial charge in [-0.05, 0) is 36.4 Å². The lowest BCUT2D eigenvalue weighted by Gasteiger charge is -2.14. The molecule has 0 aromatic heterocycles. The number of hydrogen-bond donors (Lipinski definition) is 3. The normalized spacial score (nSPS) is 16.5. The molecule has 0 saturated carbocycles. The van der Waals surface area contributed by atoms with Gasteiger partial charge in [0.2, 0.25) is 11.8 Å². The maximum absolute atomic E-state index is 12.2. The van der Waals surface area contributed by atoms with Gasteiger partial charge in [-0.25, -0.2) is 0 Å². The summed E-state index contributed by atoms with van der Waals surface area (Å²) in [6, 6.07) is 12.9. The molecule has 0 radical (unpaired) electrons. The highest BCUT2D eigenvalue weighted by atomic mass is 79.9. The fraction of sp³-hybridized carbons (Fsp3) is 0.118. The molecule has 1 atom stereocenters. The smallest absolute Gasteiger partial charge is 0.254 e. The zero-order valence-electron chi connectivity index (χ0n) is 12.5. The maximum atomic E-state index is 12.2. The molecule has 0 bridgehead atoms. The molecule has 122 valence electrons. The van der Waals surface area contributed by atoms with E-state index < -0.39 is 11.9 Å². The molecule has 0 aliphatic carbocycles. The van der Waals surface area contributed by atoms with Crippen LogP contribution in [0.3, 0.4) is 0 Å². The number of hydrogen-bond acceptors (Lipinski definition) is 3. The summed E-state index contributed by atoms with van der Waals surface area (Å²) >= 11 is 3.32. The van der Waals surface area contributed by atoms with E-state index in [0.29, 0.717) is 16.9 Å². The average Bonchev–Trinajstić information content (AvgIpc) is 2.67. The summed E-state index contributed by atoms with van der Waals surface area (Å²) in [6.45, 7) is 0. The number of amides is 3. The Kier molecular flexibility index (Phi) is 4.61. The fourth-order valence-electron chi connectivity index (χ4n) is 2.39. The van der Waals surface area contributed by atoms with E-state index in [1.54, 1.807) is 48.5 Å². The van der Waals surface area contributed by atoms with Crippen LogP contribution in [-0.4, -0.2) is 23.8 Å². The molecule has 0 spiro atoms. The third kappa shape index (κ3) is 3.62. The number of carbonyl (C=O) groups excluding carboxylic acids is 3. The Morgan fingerprint density at radius 3 is 2.54 bits per heavy atom. The van der Waals surface area contributed by atoms with Gasteiger partial charge < -0.3 is 16.0 Å². The first-order valence-electron chi connectivity index (χ1n) is 7.29. The summed E-state index contributed by atoms with van der Waals surface area (Å²) < 4.78 is 0.897. The molecule has 1 aliphatic heterocycles. The van der Waals surface area contributed by atoms with Crippen molar-refractivity contribution in [1.82, 2.24) is 5.32 Å². The van der Waals surface area contributed by atoms with Gasteiger partial charge in [0.05, 0.1) is 17.7 Å². The van der Waals surface area contributed by atoms with E-state index in [4.69, 9.17) is 0 Å². The second kappa shape index (κ2) is 6.84. The molecule has 3 amide bonds. The van der Waals surface area contributed by atoms with Crippen molar-refractivity contribution in [2.75, 3.05) is 10.6 Å². The summed E-state index contributed by atoms with van der Waals surface area (Å²) in [4.78, 5) is 36.6. The maximum Gasteiger partial charge on any atom is 0.254 e. The van der Waals surface area contributed by atoms with E-state index in [9.17, 15) is 14.4 Å². The molecule has 7 heteroatoms. The Bertz CT molecular complexity index is 805. The highest BCUT2D eigenvalue weighted by molar-refractivity contribution is 9.10. The summed E-state index contributed by atoms with van der Waals surface area (Å²) in [6.07, 6.45) is -0.151. The van der Waals surface area contributed by atoms with E-state index in [-0.39, 0.29) is 18.2 Å². The predicted molar refractivity (Wildman–Crippen MR) is 93.7 cm³/mol. The van der Waals surface area contributed by atoms with Gasteiger partial charge in [-0.15, -0.1) is 0 Å². The third-order valence-electron chi connectivity index (χ3n) is 3.57. The van der Waals surface area contributed by atoms with Gasteiger partial charge in [0.1, 0.15) is 6.04 Å².